The minimum atomic E-state index is -4.34. The van der Waals surface area contributed by atoms with Crippen molar-refractivity contribution >= 4 is 19.8 Å². The predicted octanol–water partition coefficient (Wildman–Crippen LogP) is 6.73. The Morgan fingerprint density at radius 1 is 0.769 bits per heavy atom. The van der Waals surface area contributed by atoms with Crippen molar-refractivity contribution in [2.24, 2.45) is 0 Å². The molecule has 0 aromatic rings. The van der Waals surface area contributed by atoms with Gasteiger partial charge < -0.3 is 18.9 Å². The molecule has 0 amide bonds. The lowest BCUT2D eigenvalue weighted by Crippen LogP contribution is -2.37. The second-order valence-electron chi connectivity index (χ2n) is 11.1. The average Bonchev–Trinajstić information content (AvgIpc) is 2.85. The van der Waals surface area contributed by atoms with E-state index < -0.39 is 26.5 Å². The third kappa shape index (κ3) is 26.7. The number of phosphoric ester groups is 1. The van der Waals surface area contributed by atoms with E-state index in [1.54, 1.807) is 0 Å². The lowest BCUT2D eigenvalue weighted by molar-refractivity contribution is -0.870. The van der Waals surface area contributed by atoms with Crippen LogP contribution in [0.15, 0.2) is 12.2 Å². The molecule has 39 heavy (non-hydrogen) atoms. The van der Waals surface area contributed by atoms with Crippen LogP contribution in [0.4, 0.5) is 0 Å². The summed E-state index contributed by atoms with van der Waals surface area (Å²) >= 11 is 0. The first-order chi connectivity index (χ1) is 18.5. The van der Waals surface area contributed by atoms with Gasteiger partial charge in [-0.05, 0) is 32.1 Å². The Balaban J connectivity index is 4.55. The van der Waals surface area contributed by atoms with Crippen molar-refractivity contribution in [1.29, 1.82) is 0 Å². The number of allylic oxidation sites excluding steroid dienone is 2. The van der Waals surface area contributed by atoms with E-state index in [-0.39, 0.29) is 32.0 Å². The maximum atomic E-state index is 12.4. The number of hydrogen-bond acceptors (Lipinski definition) is 7. The summed E-state index contributed by atoms with van der Waals surface area (Å²) in [5, 5.41) is 0. The zero-order chi connectivity index (χ0) is 29.4. The van der Waals surface area contributed by atoms with Crippen LogP contribution in [-0.2, 0) is 32.7 Å². The van der Waals surface area contributed by atoms with Gasteiger partial charge >= 0.3 is 19.8 Å². The molecule has 230 valence electrons. The second-order valence-corrected chi connectivity index (χ2v) is 12.6. The van der Waals surface area contributed by atoms with E-state index in [9.17, 15) is 19.0 Å². The van der Waals surface area contributed by atoms with Crippen molar-refractivity contribution in [3.63, 3.8) is 0 Å². The molecule has 0 aliphatic heterocycles. The standard InChI is InChI=1S/C29H56NO8P/c1-6-8-10-12-13-14-15-16-18-20-22-29(32)38-27(25-35-28(31)21-19-17-11-9-7-2)26-37-39(33,34)36-24-23-30(3,4)5/h10,12,27H,6-9,11,13-26H2,1-5H3/p+1/b12-10+/t27-/m1/s1. The number of phosphoric acid groups is 1. The van der Waals surface area contributed by atoms with E-state index in [2.05, 4.69) is 26.0 Å². The summed E-state index contributed by atoms with van der Waals surface area (Å²) in [6.07, 6.45) is 17.4. The minimum Gasteiger partial charge on any atom is -0.462 e. The molecule has 1 N–H and O–H groups in total. The smallest absolute Gasteiger partial charge is 0.462 e. The molecule has 0 aromatic heterocycles. The van der Waals surface area contributed by atoms with Crippen molar-refractivity contribution in [2.45, 2.75) is 116 Å². The number of carbonyl (C=O) groups is 2. The van der Waals surface area contributed by atoms with Crippen LogP contribution in [0.3, 0.4) is 0 Å². The van der Waals surface area contributed by atoms with Gasteiger partial charge in [0, 0.05) is 12.8 Å². The SMILES string of the molecule is CCC/C=C/CCCCCCCC(=O)O[C@H](COC(=O)CCCCCCC)COP(=O)(O)OCC[N+](C)(C)C. The van der Waals surface area contributed by atoms with Crippen LogP contribution in [0, 0.1) is 0 Å². The number of hydrogen-bond donors (Lipinski definition) is 1. The maximum Gasteiger partial charge on any atom is 0.472 e. The number of carbonyl (C=O) groups excluding carboxylic acids is 2. The first kappa shape index (κ1) is 37.8. The normalized spacial score (nSPS) is 14.3. The van der Waals surface area contributed by atoms with Gasteiger partial charge in [-0.25, -0.2) is 4.57 Å². The topological polar surface area (TPSA) is 108 Å². The van der Waals surface area contributed by atoms with Crippen LogP contribution in [0.2, 0.25) is 0 Å². The lowest BCUT2D eigenvalue weighted by Gasteiger charge is -2.24. The van der Waals surface area contributed by atoms with E-state index in [1.165, 1.54) is 6.42 Å². The molecule has 0 saturated carbocycles. The zero-order valence-corrected chi connectivity index (χ0v) is 26.3. The van der Waals surface area contributed by atoms with Gasteiger partial charge in [0.1, 0.15) is 19.8 Å². The summed E-state index contributed by atoms with van der Waals surface area (Å²) in [5.41, 5.74) is 0. The molecular weight excluding hydrogens is 521 g/mol. The molecule has 0 rings (SSSR count). The number of esters is 2. The van der Waals surface area contributed by atoms with Crippen molar-refractivity contribution in [3.05, 3.63) is 12.2 Å². The van der Waals surface area contributed by atoms with Crippen molar-refractivity contribution in [3.8, 4) is 0 Å². The van der Waals surface area contributed by atoms with E-state index in [1.807, 2.05) is 21.1 Å². The van der Waals surface area contributed by atoms with Gasteiger partial charge in [-0.3, -0.25) is 18.6 Å². The van der Waals surface area contributed by atoms with Gasteiger partial charge in [0.05, 0.1) is 27.7 Å². The van der Waals surface area contributed by atoms with E-state index in [0.29, 0.717) is 17.4 Å². The van der Waals surface area contributed by atoms with Crippen molar-refractivity contribution < 1.29 is 42.1 Å². The molecule has 0 radical (unpaired) electrons. The number of unbranched alkanes of at least 4 members (excludes halogenated alkanes) is 10. The van der Waals surface area contributed by atoms with Gasteiger partial charge in [0.25, 0.3) is 0 Å². The third-order valence-electron chi connectivity index (χ3n) is 6.03. The molecule has 0 spiro atoms. The van der Waals surface area contributed by atoms with Crippen LogP contribution in [0.5, 0.6) is 0 Å². The predicted molar refractivity (Wildman–Crippen MR) is 155 cm³/mol. The first-order valence-corrected chi connectivity index (χ1v) is 16.4. The fourth-order valence-electron chi connectivity index (χ4n) is 3.60. The van der Waals surface area contributed by atoms with Crippen LogP contribution in [0.1, 0.15) is 110 Å². The fourth-order valence-corrected chi connectivity index (χ4v) is 4.34. The summed E-state index contributed by atoms with van der Waals surface area (Å²) in [7, 11) is 1.47. The molecule has 0 aromatic carbocycles. The molecule has 0 aliphatic rings. The molecule has 9 nitrogen and oxygen atoms in total. The van der Waals surface area contributed by atoms with Gasteiger partial charge in [-0.15, -0.1) is 0 Å². The monoisotopic (exact) mass is 578 g/mol. The third-order valence-corrected chi connectivity index (χ3v) is 7.01. The highest BCUT2D eigenvalue weighted by Gasteiger charge is 2.27. The van der Waals surface area contributed by atoms with E-state index in [0.717, 1.165) is 70.6 Å². The number of rotatable bonds is 26. The van der Waals surface area contributed by atoms with E-state index in [4.69, 9.17) is 18.5 Å². The summed E-state index contributed by atoms with van der Waals surface area (Å²) < 4.78 is 33.7. The summed E-state index contributed by atoms with van der Waals surface area (Å²) in [4.78, 5) is 34.6. The number of likely N-dealkylation sites (N-methyl/N-ethyl adjacent to an activating group) is 1. The Hall–Kier alpha value is -1.25. The van der Waals surface area contributed by atoms with Crippen LogP contribution >= 0.6 is 7.82 Å². The first-order valence-electron chi connectivity index (χ1n) is 14.9. The highest BCUT2D eigenvalue weighted by Crippen LogP contribution is 2.43. The summed E-state index contributed by atoms with van der Waals surface area (Å²) in [6, 6.07) is 0. The van der Waals surface area contributed by atoms with Gasteiger partial charge in [-0.2, -0.15) is 0 Å². The van der Waals surface area contributed by atoms with E-state index >= 15 is 0 Å². The Kier molecular flexibility index (Phi) is 22.7. The summed E-state index contributed by atoms with van der Waals surface area (Å²) in [6.45, 7) is 4.21. The minimum absolute atomic E-state index is 0.0315. The largest absolute Gasteiger partial charge is 0.472 e. The number of ether oxygens (including phenoxy) is 2. The van der Waals surface area contributed by atoms with Gasteiger partial charge in [0.2, 0.25) is 0 Å². The highest BCUT2D eigenvalue weighted by molar-refractivity contribution is 7.47. The maximum absolute atomic E-state index is 12.4. The molecule has 0 fully saturated rings. The Morgan fingerprint density at radius 2 is 1.36 bits per heavy atom. The van der Waals surface area contributed by atoms with Crippen LogP contribution in [-0.4, -0.2) is 74.9 Å². The average molecular weight is 579 g/mol. The Labute approximate surface area is 237 Å². The molecule has 0 heterocycles. The van der Waals surface area contributed by atoms with Crippen LogP contribution in [0.25, 0.3) is 0 Å². The number of quaternary nitrogens is 1. The number of nitrogens with zero attached hydrogens (tertiary/aromatic N) is 1. The second kappa shape index (κ2) is 23.5. The highest BCUT2D eigenvalue weighted by atomic mass is 31.2. The molecule has 10 heteroatoms. The molecule has 2 atom stereocenters. The molecule has 0 bridgehead atoms. The van der Waals surface area contributed by atoms with Crippen molar-refractivity contribution in [2.75, 3.05) is 47.5 Å². The molecule has 1 unspecified atom stereocenters. The lowest BCUT2D eigenvalue weighted by atomic mass is 10.1. The summed E-state index contributed by atoms with van der Waals surface area (Å²) in [5.74, 6) is -0.830. The Morgan fingerprint density at radius 3 is 2.00 bits per heavy atom. The van der Waals surface area contributed by atoms with Gasteiger partial charge in [-0.1, -0.05) is 77.4 Å². The molecule has 0 saturated heterocycles. The quantitative estimate of drug-likeness (QED) is 0.0396. The Bertz CT molecular complexity index is 708. The molecule has 0 aliphatic carbocycles. The molecular formula is C29H57NO8P+. The zero-order valence-electron chi connectivity index (χ0n) is 25.4. The fraction of sp³-hybridized carbons (Fsp3) is 0.862. The van der Waals surface area contributed by atoms with Gasteiger partial charge in [0.15, 0.2) is 6.10 Å². The van der Waals surface area contributed by atoms with Crippen LogP contribution < -0.4 is 0 Å². The van der Waals surface area contributed by atoms with Crippen molar-refractivity contribution in [1.82, 2.24) is 0 Å².